The molecular weight excluding hydrogens is 402 g/mol. The Kier molecular flexibility index (Phi) is 6.51. The molecule has 0 radical (unpaired) electrons. The number of likely N-dealkylation sites (tertiary alicyclic amines) is 2. The van der Waals surface area contributed by atoms with Gasteiger partial charge in [0.25, 0.3) is 5.91 Å². The maximum atomic E-state index is 13.2. The predicted octanol–water partition coefficient (Wildman–Crippen LogP) is 4.01. The lowest BCUT2D eigenvalue weighted by Crippen LogP contribution is -2.35. The van der Waals surface area contributed by atoms with Crippen molar-refractivity contribution in [2.75, 3.05) is 32.7 Å². The van der Waals surface area contributed by atoms with Crippen molar-refractivity contribution in [1.82, 2.24) is 15.1 Å². The summed E-state index contributed by atoms with van der Waals surface area (Å²) in [5.74, 6) is 1.15. The second-order valence-electron chi connectivity index (χ2n) is 9.47. The summed E-state index contributed by atoms with van der Waals surface area (Å²) in [4.78, 5) is 29.0. The maximum Gasteiger partial charge on any atom is 0.405 e. The third-order valence-electron chi connectivity index (χ3n) is 6.97. The van der Waals surface area contributed by atoms with Gasteiger partial charge < -0.3 is 20.2 Å². The second-order valence-corrected chi connectivity index (χ2v) is 9.47. The van der Waals surface area contributed by atoms with Crippen LogP contribution in [0.25, 0.3) is 0 Å². The van der Waals surface area contributed by atoms with E-state index in [-0.39, 0.29) is 11.9 Å². The van der Waals surface area contributed by atoms with Crippen LogP contribution >= 0.6 is 0 Å². The summed E-state index contributed by atoms with van der Waals surface area (Å²) >= 11 is 0. The summed E-state index contributed by atoms with van der Waals surface area (Å²) in [5, 5.41) is 11.9. The molecule has 2 unspecified atom stereocenters. The van der Waals surface area contributed by atoms with Gasteiger partial charge in [-0.05, 0) is 55.7 Å². The number of nitrogens with one attached hydrogen (secondary N) is 1. The highest BCUT2D eigenvalue weighted by Crippen LogP contribution is 2.33. The van der Waals surface area contributed by atoms with Crippen molar-refractivity contribution in [1.29, 1.82) is 0 Å². The fourth-order valence-electron chi connectivity index (χ4n) is 5.58. The van der Waals surface area contributed by atoms with E-state index in [4.69, 9.17) is 0 Å². The third-order valence-corrected chi connectivity index (χ3v) is 6.97. The Hall–Kier alpha value is -2.86. The van der Waals surface area contributed by atoms with Crippen LogP contribution in [0.4, 0.5) is 4.79 Å². The van der Waals surface area contributed by atoms with Crippen molar-refractivity contribution in [2.45, 2.75) is 33.2 Å². The van der Waals surface area contributed by atoms with E-state index in [1.54, 1.807) is 0 Å². The van der Waals surface area contributed by atoms with Gasteiger partial charge in [-0.3, -0.25) is 4.79 Å². The molecule has 0 saturated carbocycles. The summed E-state index contributed by atoms with van der Waals surface area (Å²) in [5.41, 5.74) is 5.16. The summed E-state index contributed by atoms with van der Waals surface area (Å²) in [6, 6.07) is 13.7. The number of amides is 2. The number of aryl methyl sites for hydroxylation is 3. The molecule has 2 aromatic carbocycles. The first-order valence-electron chi connectivity index (χ1n) is 11.5. The number of carboxylic acid groups (broad SMARTS) is 1. The number of hydrogen-bond acceptors (Lipinski definition) is 3. The summed E-state index contributed by atoms with van der Waals surface area (Å²) in [7, 11) is 0. The standard InChI is InChI=1S/C26H33N3O3/c1-17-11-18(2)24(19(3)12-17)25(30)29-15-21-13-28(14-22(21)16-29)10-9-23(27-26(31)32)20-7-5-4-6-8-20/h4-8,11-12,21-23,27H,9-10,13-16H2,1-3H3,(H,31,32)/t21-,22?,23?/m0/s1. The molecule has 2 fully saturated rings. The monoisotopic (exact) mass is 435 g/mol. The Morgan fingerprint density at radius 3 is 2.16 bits per heavy atom. The van der Waals surface area contributed by atoms with Crippen molar-refractivity contribution >= 4 is 12.0 Å². The molecule has 2 heterocycles. The molecule has 2 aromatic rings. The second kappa shape index (κ2) is 9.33. The molecule has 6 heteroatoms. The number of nitrogens with zero attached hydrogens (tertiary/aromatic N) is 2. The van der Waals surface area contributed by atoms with Crippen LogP contribution < -0.4 is 5.32 Å². The van der Waals surface area contributed by atoms with Gasteiger partial charge in [-0.25, -0.2) is 4.79 Å². The van der Waals surface area contributed by atoms with Crippen LogP contribution in [0.3, 0.4) is 0 Å². The van der Waals surface area contributed by atoms with Gasteiger partial charge in [-0.15, -0.1) is 0 Å². The van der Waals surface area contributed by atoms with E-state index < -0.39 is 6.09 Å². The van der Waals surface area contributed by atoms with Crippen LogP contribution in [0, 0.1) is 32.6 Å². The number of benzene rings is 2. The topological polar surface area (TPSA) is 72.9 Å². The van der Waals surface area contributed by atoms with Crippen molar-refractivity contribution in [3.63, 3.8) is 0 Å². The molecule has 2 aliphatic heterocycles. The molecule has 3 atom stereocenters. The number of carbonyl (C=O) groups is 2. The third kappa shape index (κ3) is 4.80. The molecule has 2 aliphatic rings. The molecule has 0 aromatic heterocycles. The number of carbonyl (C=O) groups excluding carboxylic acids is 1. The van der Waals surface area contributed by atoms with Crippen molar-refractivity contribution in [3.8, 4) is 0 Å². The lowest BCUT2D eigenvalue weighted by atomic mass is 9.99. The van der Waals surface area contributed by atoms with E-state index in [1.807, 2.05) is 49.1 Å². The molecule has 2 saturated heterocycles. The molecule has 2 N–H and O–H groups in total. The summed E-state index contributed by atoms with van der Waals surface area (Å²) < 4.78 is 0. The van der Waals surface area contributed by atoms with Crippen LogP contribution in [0.2, 0.25) is 0 Å². The smallest absolute Gasteiger partial charge is 0.405 e. The van der Waals surface area contributed by atoms with Gasteiger partial charge in [0.1, 0.15) is 0 Å². The van der Waals surface area contributed by atoms with Crippen LogP contribution in [-0.4, -0.2) is 59.6 Å². The van der Waals surface area contributed by atoms with E-state index in [1.165, 1.54) is 5.56 Å². The normalized spacial score (nSPS) is 21.4. The highest BCUT2D eigenvalue weighted by Gasteiger charge is 2.42. The maximum absolute atomic E-state index is 13.2. The molecule has 0 aliphatic carbocycles. The van der Waals surface area contributed by atoms with Crippen LogP contribution in [-0.2, 0) is 0 Å². The Bertz CT molecular complexity index is 954. The van der Waals surface area contributed by atoms with E-state index in [0.717, 1.165) is 61.4 Å². The SMILES string of the molecule is Cc1cc(C)c(C(=O)N2CC3CN(CCC(NC(=O)O)c4ccccc4)C[C@H]3C2)c(C)c1. The molecular formula is C26H33N3O3. The molecule has 0 bridgehead atoms. The van der Waals surface area contributed by atoms with Crippen molar-refractivity contribution in [2.24, 2.45) is 11.8 Å². The van der Waals surface area contributed by atoms with Crippen molar-refractivity contribution < 1.29 is 14.7 Å². The number of rotatable bonds is 6. The largest absolute Gasteiger partial charge is 0.465 e. The Morgan fingerprint density at radius 2 is 1.59 bits per heavy atom. The van der Waals surface area contributed by atoms with Crippen molar-refractivity contribution in [3.05, 3.63) is 70.3 Å². The predicted molar refractivity (Wildman–Crippen MR) is 125 cm³/mol. The Labute approximate surface area is 190 Å². The summed E-state index contributed by atoms with van der Waals surface area (Å²) in [6.07, 6.45) is -0.256. The first-order chi connectivity index (χ1) is 15.3. The number of fused-ring (bicyclic) bond motifs is 1. The average Bonchev–Trinajstić information content (AvgIpc) is 3.29. The zero-order chi connectivity index (χ0) is 22.8. The molecule has 6 nitrogen and oxygen atoms in total. The van der Waals surface area contributed by atoms with Gasteiger partial charge in [0.15, 0.2) is 0 Å². The van der Waals surface area contributed by atoms with Gasteiger partial charge in [0.2, 0.25) is 0 Å². The number of hydrogen-bond donors (Lipinski definition) is 2. The fraction of sp³-hybridized carbons (Fsp3) is 0.462. The van der Waals surface area contributed by atoms with E-state index in [2.05, 4.69) is 29.3 Å². The minimum Gasteiger partial charge on any atom is -0.465 e. The Balaban J connectivity index is 1.34. The molecule has 4 rings (SSSR count). The van der Waals surface area contributed by atoms with Crippen LogP contribution in [0.5, 0.6) is 0 Å². The van der Waals surface area contributed by atoms with E-state index in [0.29, 0.717) is 11.8 Å². The molecule has 32 heavy (non-hydrogen) atoms. The highest BCUT2D eigenvalue weighted by atomic mass is 16.4. The Morgan fingerprint density at radius 1 is 1.00 bits per heavy atom. The quantitative estimate of drug-likeness (QED) is 0.719. The van der Waals surface area contributed by atoms with Gasteiger partial charge in [0, 0.05) is 38.3 Å². The van der Waals surface area contributed by atoms with E-state index in [9.17, 15) is 14.7 Å². The lowest BCUT2D eigenvalue weighted by molar-refractivity contribution is 0.0772. The van der Waals surface area contributed by atoms with Crippen LogP contribution in [0.1, 0.15) is 45.1 Å². The lowest BCUT2D eigenvalue weighted by Gasteiger charge is -2.25. The summed E-state index contributed by atoms with van der Waals surface area (Å²) in [6.45, 7) is 10.5. The van der Waals surface area contributed by atoms with Crippen LogP contribution in [0.15, 0.2) is 42.5 Å². The van der Waals surface area contributed by atoms with Gasteiger partial charge in [0.05, 0.1) is 6.04 Å². The molecule has 2 amide bonds. The van der Waals surface area contributed by atoms with Gasteiger partial charge >= 0.3 is 6.09 Å². The zero-order valence-corrected chi connectivity index (χ0v) is 19.2. The minimum atomic E-state index is -0.993. The van der Waals surface area contributed by atoms with Gasteiger partial charge in [-0.2, -0.15) is 0 Å². The molecule has 170 valence electrons. The minimum absolute atomic E-state index is 0.163. The first kappa shape index (κ1) is 22.3. The van der Waals surface area contributed by atoms with Gasteiger partial charge in [-0.1, -0.05) is 48.0 Å². The highest BCUT2D eigenvalue weighted by molar-refractivity contribution is 5.97. The fourth-order valence-corrected chi connectivity index (χ4v) is 5.58. The first-order valence-corrected chi connectivity index (χ1v) is 11.5. The average molecular weight is 436 g/mol. The van der Waals surface area contributed by atoms with E-state index >= 15 is 0 Å². The molecule has 0 spiro atoms. The zero-order valence-electron chi connectivity index (χ0n) is 19.2.